The molecular formula is C25H28ClNO2. The number of aromatic nitrogens is 1. The van der Waals surface area contributed by atoms with Gasteiger partial charge in [0.1, 0.15) is 0 Å². The molecule has 4 heteroatoms. The van der Waals surface area contributed by atoms with Crippen LogP contribution < -0.4 is 0 Å². The van der Waals surface area contributed by atoms with Crippen molar-refractivity contribution in [2.24, 2.45) is 0 Å². The van der Waals surface area contributed by atoms with Crippen LogP contribution in [0.2, 0.25) is 5.02 Å². The number of rotatable bonds is 4. The number of hydrogen-bond donors (Lipinski definition) is 1. The standard InChI is InChI=1S/C25H28ClNO2/c1-25(2,3)18-9-12-22-21(14-18)20-6-4-5-17(13-23(28)29)24(20)27(22)15-16-7-10-19(26)11-8-16/h7-12,14,17H,4-6,13,15H2,1-3H3,(H,28,29). The van der Waals surface area contributed by atoms with E-state index in [2.05, 4.69) is 55.7 Å². The summed E-state index contributed by atoms with van der Waals surface area (Å²) in [4.78, 5) is 11.6. The summed E-state index contributed by atoms with van der Waals surface area (Å²) >= 11 is 6.07. The van der Waals surface area contributed by atoms with Crippen LogP contribution in [0.15, 0.2) is 42.5 Å². The number of benzene rings is 2. The highest BCUT2D eigenvalue weighted by Crippen LogP contribution is 2.41. The summed E-state index contributed by atoms with van der Waals surface area (Å²) in [5.74, 6) is -0.657. The van der Waals surface area contributed by atoms with Crippen LogP contribution in [0.3, 0.4) is 0 Å². The maximum atomic E-state index is 11.6. The summed E-state index contributed by atoms with van der Waals surface area (Å²) in [5.41, 5.74) is 6.34. The second-order valence-electron chi connectivity index (χ2n) is 9.25. The van der Waals surface area contributed by atoms with Crippen LogP contribution in [0.4, 0.5) is 0 Å². The quantitative estimate of drug-likeness (QED) is 0.531. The normalized spacial score (nSPS) is 16.8. The van der Waals surface area contributed by atoms with E-state index in [1.165, 1.54) is 33.3 Å². The van der Waals surface area contributed by atoms with Crippen molar-refractivity contribution < 1.29 is 9.90 Å². The topological polar surface area (TPSA) is 42.2 Å². The number of aryl methyl sites for hydroxylation is 1. The number of carboxylic acids is 1. The number of carbonyl (C=O) groups is 1. The molecule has 0 aliphatic heterocycles. The van der Waals surface area contributed by atoms with Gasteiger partial charge in [-0.3, -0.25) is 4.79 Å². The zero-order chi connectivity index (χ0) is 20.8. The average molecular weight is 410 g/mol. The van der Waals surface area contributed by atoms with Gasteiger partial charge in [0.25, 0.3) is 0 Å². The van der Waals surface area contributed by atoms with E-state index in [1.54, 1.807) is 0 Å². The Hall–Kier alpha value is -2.26. The minimum atomic E-state index is -0.721. The Morgan fingerprint density at radius 1 is 1.17 bits per heavy atom. The lowest BCUT2D eigenvalue weighted by atomic mass is 9.83. The van der Waals surface area contributed by atoms with Gasteiger partial charge >= 0.3 is 5.97 Å². The predicted molar refractivity (Wildman–Crippen MR) is 119 cm³/mol. The van der Waals surface area contributed by atoms with Crippen molar-refractivity contribution in [3.63, 3.8) is 0 Å². The zero-order valence-corrected chi connectivity index (χ0v) is 18.1. The molecule has 152 valence electrons. The van der Waals surface area contributed by atoms with Gasteiger partial charge in [-0.15, -0.1) is 0 Å². The molecule has 4 rings (SSSR count). The fraction of sp³-hybridized carbons (Fsp3) is 0.400. The zero-order valence-electron chi connectivity index (χ0n) is 17.3. The molecule has 1 aromatic heterocycles. The predicted octanol–water partition coefficient (Wildman–Crippen LogP) is 6.54. The molecule has 1 atom stereocenters. The third kappa shape index (κ3) is 3.93. The molecule has 29 heavy (non-hydrogen) atoms. The molecule has 1 heterocycles. The third-order valence-corrected chi connectivity index (χ3v) is 6.37. The van der Waals surface area contributed by atoms with E-state index in [9.17, 15) is 9.90 Å². The lowest BCUT2D eigenvalue weighted by Gasteiger charge is -2.24. The van der Waals surface area contributed by atoms with Gasteiger partial charge in [0, 0.05) is 34.1 Å². The fourth-order valence-corrected chi connectivity index (χ4v) is 4.78. The first-order chi connectivity index (χ1) is 13.7. The van der Waals surface area contributed by atoms with Gasteiger partial charge in [-0.2, -0.15) is 0 Å². The summed E-state index contributed by atoms with van der Waals surface area (Å²) in [7, 11) is 0. The molecule has 1 unspecified atom stereocenters. The second-order valence-corrected chi connectivity index (χ2v) is 9.68. The highest BCUT2D eigenvalue weighted by atomic mass is 35.5. The Labute approximate surface area is 177 Å². The minimum absolute atomic E-state index is 0.0639. The van der Waals surface area contributed by atoms with Crippen LogP contribution in [-0.4, -0.2) is 15.6 Å². The Morgan fingerprint density at radius 2 is 1.90 bits per heavy atom. The average Bonchev–Trinajstić information content (AvgIpc) is 2.97. The smallest absolute Gasteiger partial charge is 0.304 e. The van der Waals surface area contributed by atoms with E-state index in [4.69, 9.17) is 11.6 Å². The van der Waals surface area contributed by atoms with E-state index in [0.717, 1.165) is 30.8 Å². The molecule has 0 saturated heterocycles. The van der Waals surface area contributed by atoms with Crippen LogP contribution in [0.25, 0.3) is 10.9 Å². The first-order valence-corrected chi connectivity index (χ1v) is 10.7. The van der Waals surface area contributed by atoms with Crippen LogP contribution in [0, 0.1) is 0 Å². The highest BCUT2D eigenvalue weighted by molar-refractivity contribution is 6.30. The molecule has 0 radical (unpaired) electrons. The Kier molecular flexibility index (Phi) is 5.20. The van der Waals surface area contributed by atoms with Crippen molar-refractivity contribution in [3.8, 4) is 0 Å². The molecule has 0 amide bonds. The number of aliphatic carboxylic acids is 1. The second kappa shape index (κ2) is 7.53. The molecule has 3 aromatic rings. The molecule has 0 saturated carbocycles. The SMILES string of the molecule is CC(C)(C)c1ccc2c(c1)c1c(n2Cc2ccc(Cl)cc2)C(CC(=O)O)CCC1. The van der Waals surface area contributed by atoms with E-state index in [-0.39, 0.29) is 17.8 Å². The van der Waals surface area contributed by atoms with Gasteiger partial charge in [-0.05, 0) is 65.6 Å². The largest absolute Gasteiger partial charge is 0.481 e. The summed E-state index contributed by atoms with van der Waals surface area (Å²) in [6.45, 7) is 7.43. The first kappa shape index (κ1) is 20.0. The van der Waals surface area contributed by atoms with Crippen molar-refractivity contribution in [2.45, 2.75) is 64.3 Å². The highest BCUT2D eigenvalue weighted by Gasteiger charge is 2.30. The summed E-state index contributed by atoms with van der Waals surface area (Å²) < 4.78 is 2.35. The van der Waals surface area contributed by atoms with Crippen molar-refractivity contribution in [1.82, 2.24) is 4.57 Å². The molecule has 0 spiro atoms. The van der Waals surface area contributed by atoms with Crippen LogP contribution in [-0.2, 0) is 23.2 Å². The molecule has 2 aromatic carbocycles. The van der Waals surface area contributed by atoms with Crippen molar-refractivity contribution in [3.05, 3.63) is 69.9 Å². The lowest BCUT2D eigenvalue weighted by molar-refractivity contribution is -0.137. The van der Waals surface area contributed by atoms with E-state index in [0.29, 0.717) is 0 Å². The van der Waals surface area contributed by atoms with E-state index >= 15 is 0 Å². The van der Waals surface area contributed by atoms with Crippen molar-refractivity contribution >= 4 is 28.5 Å². The van der Waals surface area contributed by atoms with Crippen LogP contribution in [0.1, 0.15) is 68.3 Å². The Balaban J connectivity index is 1.91. The lowest BCUT2D eigenvalue weighted by Crippen LogP contribution is -2.17. The molecule has 1 aliphatic carbocycles. The van der Waals surface area contributed by atoms with Crippen molar-refractivity contribution in [2.75, 3.05) is 0 Å². The molecule has 1 N–H and O–H groups in total. The molecule has 3 nitrogen and oxygen atoms in total. The third-order valence-electron chi connectivity index (χ3n) is 6.12. The van der Waals surface area contributed by atoms with Gasteiger partial charge in [0.05, 0.1) is 6.42 Å². The number of fused-ring (bicyclic) bond motifs is 3. The molecule has 0 bridgehead atoms. The molecular weight excluding hydrogens is 382 g/mol. The fourth-order valence-electron chi connectivity index (χ4n) is 4.65. The monoisotopic (exact) mass is 409 g/mol. The van der Waals surface area contributed by atoms with E-state index < -0.39 is 5.97 Å². The number of carboxylic acid groups (broad SMARTS) is 1. The number of halogens is 1. The summed E-state index contributed by atoms with van der Waals surface area (Å²) in [5, 5.41) is 11.5. The Morgan fingerprint density at radius 3 is 2.55 bits per heavy atom. The van der Waals surface area contributed by atoms with Crippen LogP contribution in [0.5, 0.6) is 0 Å². The van der Waals surface area contributed by atoms with Gasteiger partial charge in [-0.1, -0.05) is 50.6 Å². The maximum Gasteiger partial charge on any atom is 0.304 e. The van der Waals surface area contributed by atoms with Gasteiger partial charge in [0.15, 0.2) is 0 Å². The van der Waals surface area contributed by atoms with E-state index in [1.807, 2.05) is 12.1 Å². The maximum absolute atomic E-state index is 11.6. The van der Waals surface area contributed by atoms with Gasteiger partial charge in [0.2, 0.25) is 0 Å². The number of hydrogen-bond acceptors (Lipinski definition) is 1. The molecule has 0 fully saturated rings. The summed E-state index contributed by atoms with van der Waals surface area (Å²) in [6, 6.07) is 14.7. The first-order valence-electron chi connectivity index (χ1n) is 10.4. The minimum Gasteiger partial charge on any atom is -0.481 e. The van der Waals surface area contributed by atoms with Crippen LogP contribution >= 0.6 is 11.6 Å². The number of nitrogens with zero attached hydrogens (tertiary/aromatic N) is 1. The summed E-state index contributed by atoms with van der Waals surface area (Å²) in [6.07, 6.45) is 3.19. The van der Waals surface area contributed by atoms with Crippen molar-refractivity contribution in [1.29, 1.82) is 0 Å². The molecule has 1 aliphatic rings. The van der Waals surface area contributed by atoms with Gasteiger partial charge in [-0.25, -0.2) is 0 Å². The Bertz CT molecular complexity index is 1060. The van der Waals surface area contributed by atoms with Gasteiger partial charge < -0.3 is 9.67 Å².